The van der Waals surface area contributed by atoms with Crippen molar-refractivity contribution in [1.29, 1.82) is 0 Å². The predicted octanol–water partition coefficient (Wildman–Crippen LogP) is 8.82. The van der Waals surface area contributed by atoms with Crippen LogP contribution in [0.25, 0.3) is 21.8 Å². The van der Waals surface area contributed by atoms with Crippen LogP contribution in [-0.2, 0) is 42.1 Å². The fourth-order valence-electron chi connectivity index (χ4n) is 7.43. The number of aryl methyl sites for hydroxylation is 1. The molecule has 0 saturated heterocycles. The van der Waals surface area contributed by atoms with Gasteiger partial charge < -0.3 is 29.7 Å². The molecule has 8 nitrogen and oxygen atoms in total. The molecule has 50 heavy (non-hydrogen) atoms. The fourth-order valence-corrected chi connectivity index (χ4v) is 7.43. The van der Waals surface area contributed by atoms with Crippen molar-refractivity contribution in [2.45, 2.75) is 64.6 Å². The van der Waals surface area contributed by atoms with E-state index in [-0.39, 0.29) is 17.8 Å². The number of nitrogens with one attached hydrogen (secondary N) is 2. The first-order chi connectivity index (χ1) is 24.4. The molecule has 6 aromatic rings. The number of carboxylic acids is 2. The van der Waals surface area contributed by atoms with Crippen molar-refractivity contribution in [3.05, 3.63) is 131 Å². The van der Waals surface area contributed by atoms with E-state index in [0.29, 0.717) is 38.9 Å². The van der Waals surface area contributed by atoms with Crippen LogP contribution in [0, 0.1) is 11.8 Å². The Morgan fingerprint density at radius 3 is 1.80 bits per heavy atom. The first-order valence-electron chi connectivity index (χ1n) is 17.4. The molecule has 2 aliphatic carbocycles. The molecule has 0 bridgehead atoms. The second kappa shape index (κ2) is 14.5. The molecule has 0 saturated carbocycles. The lowest BCUT2D eigenvalue weighted by Crippen LogP contribution is -2.24. The maximum absolute atomic E-state index is 11.6. The van der Waals surface area contributed by atoms with Crippen LogP contribution < -0.4 is 9.47 Å². The number of rotatable bonds is 9. The van der Waals surface area contributed by atoms with E-state index in [4.69, 9.17) is 9.47 Å². The molecule has 8 rings (SSSR count). The summed E-state index contributed by atoms with van der Waals surface area (Å²) >= 11 is 0. The Kier molecular flexibility index (Phi) is 9.60. The van der Waals surface area contributed by atoms with Gasteiger partial charge >= 0.3 is 11.9 Å². The zero-order valence-electron chi connectivity index (χ0n) is 28.2. The number of hydrogen-bond acceptors (Lipinski definition) is 4. The summed E-state index contributed by atoms with van der Waals surface area (Å²) in [5.41, 5.74) is 9.03. The summed E-state index contributed by atoms with van der Waals surface area (Å²) in [6.45, 7) is 3.17. The molecule has 0 radical (unpaired) electrons. The summed E-state index contributed by atoms with van der Waals surface area (Å²) in [6.07, 6.45) is 4.33. The van der Waals surface area contributed by atoms with E-state index < -0.39 is 11.9 Å². The van der Waals surface area contributed by atoms with Crippen molar-refractivity contribution in [3.63, 3.8) is 0 Å². The Bertz CT molecular complexity index is 2120. The fraction of sp³-hybridized carbons (Fsp3) is 0.286. The zero-order valence-corrected chi connectivity index (χ0v) is 28.2. The Balaban J connectivity index is 0.000000157. The number of carboxylic acid groups (broad SMARTS) is 2. The van der Waals surface area contributed by atoms with Gasteiger partial charge in [0.2, 0.25) is 0 Å². The molecule has 4 aromatic carbocycles. The molecule has 256 valence electrons. The van der Waals surface area contributed by atoms with Gasteiger partial charge in [-0.15, -0.1) is 0 Å². The average molecular weight is 671 g/mol. The number of fused-ring (bicyclic) bond motifs is 6. The summed E-state index contributed by atoms with van der Waals surface area (Å²) in [4.78, 5) is 29.8. The second-order valence-electron chi connectivity index (χ2n) is 13.4. The van der Waals surface area contributed by atoms with E-state index in [1.54, 1.807) is 0 Å². The van der Waals surface area contributed by atoms with Crippen molar-refractivity contribution in [2.75, 3.05) is 0 Å². The molecule has 3 atom stereocenters. The molecule has 2 aliphatic rings. The van der Waals surface area contributed by atoms with Crippen molar-refractivity contribution in [1.82, 2.24) is 9.97 Å². The molecule has 3 unspecified atom stereocenters. The van der Waals surface area contributed by atoms with Crippen LogP contribution >= 0.6 is 0 Å². The van der Waals surface area contributed by atoms with Gasteiger partial charge in [0.05, 0.1) is 11.8 Å². The van der Waals surface area contributed by atoms with E-state index in [1.807, 2.05) is 97.1 Å². The van der Waals surface area contributed by atoms with Gasteiger partial charge in [0.25, 0.3) is 0 Å². The van der Waals surface area contributed by atoms with E-state index in [0.717, 1.165) is 68.4 Å². The summed E-state index contributed by atoms with van der Waals surface area (Å²) in [5, 5.41) is 21.0. The summed E-state index contributed by atoms with van der Waals surface area (Å²) in [6, 6.07) is 32.2. The number of ether oxygens (including phenoxy) is 2. The maximum Gasteiger partial charge on any atom is 0.306 e. The largest absolute Gasteiger partial charge is 0.489 e. The van der Waals surface area contributed by atoms with Crippen molar-refractivity contribution < 1.29 is 29.3 Å². The minimum Gasteiger partial charge on any atom is -0.489 e. The summed E-state index contributed by atoms with van der Waals surface area (Å²) in [5.74, 6) is -0.0858. The van der Waals surface area contributed by atoms with Gasteiger partial charge in [-0.05, 0) is 103 Å². The van der Waals surface area contributed by atoms with Gasteiger partial charge in [0.15, 0.2) is 0 Å². The molecule has 0 amide bonds. The molecule has 4 N–H and O–H groups in total. The van der Waals surface area contributed by atoms with Gasteiger partial charge in [-0.2, -0.15) is 0 Å². The first kappa shape index (κ1) is 33.0. The highest BCUT2D eigenvalue weighted by Gasteiger charge is 2.33. The minimum absolute atomic E-state index is 0.279. The highest BCUT2D eigenvalue weighted by Crippen LogP contribution is 2.41. The van der Waals surface area contributed by atoms with E-state index >= 15 is 0 Å². The van der Waals surface area contributed by atoms with Gasteiger partial charge in [-0.3, -0.25) is 9.59 Å². The van der Waals surface area contributed by atoms with Crippen LogP contribution in [0.3, 0.4) is 0 Å². The quantitative estimate of drug-likeness (QED) is 0.122. The van der Waals surface area contributed by atoms with Crippen LogP contribution in [0.1, 0.15) is 65.7 Å². The van der Waals surface area contributed by atoms with Crippen LogP contribution in [0.4, 0.5) is 0 Å². The maximum atomic E-state index is 11.6. The number of aromatic nitrogens is 2. The van der Waals surface area contributed by atoms with Gasteiger partial charge in [-0.1, -0.05) is 67.6 Å². The normalized spacial score (nSPS) is 18.1. The predicted molar refractivity (Wildman–Crippen MR) is 194 cm³/mol. The van der Waals surface area contributed by atoms with Crippen LogP contribution in [0.2, 0.25) is 0 Å². The van der Waals surface area contributed by atoms with E-state index in [2.05, 4.69) is 16.9 Å². The van der Waals surface area contributed by atoms with E-state index in [1.165, 1.54) is 11.4 Å². The average Bonchev–Trinajstić information content (AvgIpc) is 3.71. The Morgan fingerprint density at radius 1 is 0.700 bits per heavy atom. The number of aromatic amines is 2. The molecule has 0 fully saturated rings. The van der Waals surface area contributed by atoms with E-state index in [9.17, 15) is 19.8 Å². The first-order valence-corrected chi connectivity index (χ1v) is 17.4. The monoisotopic (exact) mass is 670 g/mol. The summed E-state index contributed by atoms with van der Waals surface area (Å²) < 4.78 is 11.9. The zero-order chi connectivity index (χ0) is 34.6. The van der Waals surface area contributed by atoms with Gasteiger partial charge in [0, 0.05) is 33.2 Å². The third-order valence-corrected chi connectivity index (χ3v) is 10.2. The smallest absolute Gasteiger partial charge is 0.306 e. The summed E-state index contributed by atoms with van der Waals surface area (Å²) in [7, 11) is 0. The number of H-pyrrole nitrogens is 2. The number of carbonyl (C=O) groups is 2. The molecule has 2 aromatic heterocycles. The topological polar surface area (TPSA) is 125 Å². The molecular weight excluding hydrogens is 628 g/mol. The molecular formula is C42H42N2O6. The minimum atomic E-state index is -0.702. The standard InChI is InChI=1S/C22H23NO3.C20H19NO3/c1-2-15-10-16(22(24)25)11-19-18-12-17(8-9-20(18)23-21(15)19)26-13-14-6-4-3-5-7-14;22-20(23)14-6-8-18-16(10-14)17-11-15(7-9-19(17)21-18)24-12-13-4-2-1-3-5-13/h3-9,12,15-16,23H,2,10-11,13H2,1H3,(H,24,25);1-5,7,9,11,14,21H,6,8,10,12H2,(H,22,23). The van der Waals surface area contributed by atoms with Gasteiger partial charge in [0.1, 0.15) is 24.7 Å². The lowest BCUT2D eigenvalue weighted by Gasteiger charge is -2.26. The molecule has 0 aliphatic heterocycles. The number of hydrogen-bond donors (Lipinski definition) is 4. The number of aliphatic carboxylic acids is 2. The number of benzene rings is 4. The van der Waals surface area contributed by atoms with Crippen LogP contribution in [-0.4, -0.2) is 32.1 Å². The third-order valence-electron chi connectivity index (χ3n) is 10.2. The van der Waals surface area contributed by atoms with Crippen LogP contribution in [0.5, 0.6) is 11.5 Å². The lowest BCUT2D eigenvalue weighted by molar-refractivity contribution is -0.143. The highest BCUT2D eigenvalue weighted by molar-refractivity contribution is 5.88. The van der Waals surface area contributed by atoms with Gasteiger partial charge in [-0.25, -0.2) is 0 Å². The Labute approximate surface area is 291 Å². The van der Waals surface area contributed by atoms with Crippen LogP contribution in [0.15, 0.2) is 97.1 Å². The van der Waals surface area contributed by atoms with Crippen molar-refractivity contribution in [3.8, 4) is 11.5 Å². The Morgan fingerprint density at radius 2 is 1.24 bits per heavy atom. The van der Waals surface area contributed by atoms with Crippen molar-refractivity contribution in [2.24, 2.45) is 11.8 Å². The molecule has 2 heterocycles. The molecule has 8 heteroatoms. The Hall–Kier alpha value is -5.50. The second-order valence-corrected chi connectivity index (χ2v) is 13.4. The highest BCUT2D eigenvalue weighted by atomic mass is 16.5. The third kappa shape index (κ3) is 7.10. The lowest BCUT2D eigenvalue weighted by atomic mass is 9.78. The SMILES string of the molecule is CCC1CC(C(=O)O)Cc2c1[nH]c1ccc(OCc3ccccc3)cc21.O=C(O)C1CCc2[nH]c3ccc(OCc4ccccc4)cc3c2C1. The van der Waals surface area contributed by atoms with Crippen molar-refractivity contribution >= 4 is 33.7 Å². The molecule has 0 spiro atoms.